The van der Waals surface area contributed by atoms with Crippen LogP contribution in [0.1, 0.15) is 36.4 Å². The SMILES string of the molecule is Nc1cc([C@H]2C[C@@H](NC(=O)CCc3ccc(Cl)c(Cl)c3)C2)n[nH]1. The fourth-order valence-corrected chi connectivity index (χ4v) is 3.11. The standard InChI is InChI=1S/C16H18Cl2N4O/c17-12-3-1-9(5-13(12)18)2-4-16(23)20-11-6-10(7-11)14-8-15(19)22-21-14/h1,3,5,8,10-11H,2,4,6-7H2,(H,20,23)(H3,19,21,22)/t10-,11+. The maximum absolute atomic E-state index is 12.0. The summed E-state index contributed by atoms with van der Waals surface area (Å²) in [5.74, 6) is 1.01. The topological polar surface area (TPSA) is 83.8 Å². The van der Waals surface area contributed by atoms with E-state index in [1.807, 2.05) is 12.1 Å². The molecule has 23 heavy (non-hydrogen) atoms. The molecule has 0 saturated heterocycles. The highest BCUT2D eigenvalue weighted by Gasteiger charge is 2.32. The van der Waals surface area contributed by atoms with E-state index in [9.17, 15) is 4.79 Å². The van der Waals surface area contributed by atoms with Gasteiger partial charge in [-0.3, -0.25) is 9.89 Å². The summed E-state index contributed by atoms with van der Waals surface area (Å²) in [7, 11) is 0. The highest BCUT2D eigenvalue weighted by Crippen LogP contribution is 2.36. The molecule has 0 radical (unpaired) electrons. The highest BCUT2D eigenvalue weighted by molar-refractivity contribution is 6.42. The molecule has 5 nitrogen and oxygen atoms in total. The van der Waals surface area contributed by atoms with Gasteiger partial charge in [0.1, 0.15) is 5.82 Å². The first-order valence-corrected chi connectivity index (χ1v) is 8.31. The molecular weight excluding hydrogens is 335 g/mol. The maximum Gasteiger partial charge on any atom is 0.220 e. The van der Waals surface area contributed by atoms with Crippen LogP contribution in [-0.2, 0) is 11.2 Å². The molecule has 1 saturated carbocycles. The van der Waals surface area contributed by atoms with E-state index in [1.54, 1.807) is 12.1 Å². The maximum atomic E-state index is 12.0. The monoisotopic (exact) mass is 352 g/mol. The molecule has 0 aliphatic heterocycles. The Hall–Kier alpha value is -1.72. The van der Waals surface area contributed by atoms with Crippen LogP contribution in [0.2, 0.25) is 10.0 Å². The van der Waals surface area contributed by atoms with Gasteiger partial charge in [0.2, 0.25) is 5.91 Å². The van der Waals surface area contributed by atoms with Gasteiger partial charge in [0, 0.05) is 24.4 Å². The number of carbonyl (C=O) groups excluding carboxylic acids is 1. The number of carbonyl (C=O) groups is 1. The van der Waals surface area contributed by atoms with E-state index < -0.39 is 0 Å². The van der Waals surface area contributed by atoms with Crippen molar-refractivity contribution in [3.05, 3.63) is 45.6 Å². The number of aromatic nitrogens is 2. The Bertz CT molecular complexity index is 710. The van der Waals surface area contributed by atoms with Crippen molar-refractivity contribution < 1.29 is 4.79 Å². The van der Waals surface area contributed by atoms with E-state index in [0.29, 0.717) is 34.6 Å². The van der Waals surface area contributed by atoms with Crippen molar-refractivity contribution in [3.8, 4) is 0 Å². The molecule has 0 spiro atoms. The van der Waals surface area contributed by atoms with E-state index in [-0.39, 0.29) is 11.9 Å². The molecule has 122 valence electrons. The third-order valence-corrected chi connectivity index (χ3v) is 4.90. The molecule has 1 aromatic heterocycles. The van der Waals surface area contributed by atoms with Crippen molar-refractivity contribution in [1.82, 2.24) is 15.5 Å². The van der Waals surface area contributed by atoms with Crippen LogP contribution < -0.4 is 11.1 Å². The summed E-state index contributed by atoms with van der Waals surface area (Å²) in [6.45, 7) is 0. The highest BCUT2D eigenvalue weighted by atomic mass is 35.5. The Kier molecular flexibility index (Phi) is 4.78. The summed E-state index contributed by atoms with van der Waals surface area (Å²) in [5.41, 5.74) is 7.60. The van der Waals surface area contributed by atoms with E-state index in [1.165, 1.54) is 0 Å². The lowest BCUT2D eigenvalue weighted by Crippen LogP contribution is -2.43. The van der Waals surface area contributed by atoms with Gasteiger partial charge in [0.05, 0.1) is 15.7 Å². The summed E-state index contributed by atoms with van der Waals surface area (Å²) in [4.78, 5) is 12.0. The number of benzene rings is 1. The normalized spacial score (nSPS) is 20.1. The van der Waals surface area contributed by atoms with Crippen LogP contribution in [-0.4, -0.2) is 22.1 Å². The number of aryl methyl sites for hydroxylation is 1. The van der Waals surface area contributed by atoms with E-state index in [0.717, 1.165) is 24.1 Å². The van der Waals surface area contributed by atoms with Crippen molar-refractivity contribution in [1.29, 1.82) is 0 Å². The molecule has 0 bridgehead atoms. The number of nitrogens with zero attached hydrogens (tertiary/aromatic N) is 1. The summed E-state index contributed by atoms with van der Waals surface area (Å²) in [6.07, 6.45) is 2.90. The second-order valence-corrected chi connectivity index (χ2v) is 6.74. The van der Waals surface area contributed by atoms with E-state index >= 15 is 0 Å². The Balaban J connectivity index is 1.41. The first kappa shape index (κ1) is 16.1. The molecule has 3 rings (SSSR count). The number of hydrogen-bond donors (Lipinski definition) is 3. The second kappa shape index (κ2) is 6.81. The Labute approximate surface area is 144 Å². The zero-order valence-electron chi connectivity index (χ0n) is 12.5. The van der Waals surface area contributed by atoms with Gasteiger partial charge < -0.3 is 11.1 Å². The number of hydrogen-bond acceptors (Lipinski definition) is 3. The van der Waals surface area contributed by atoms with Crippen LogP contribution in [0.25, 0.3) is 0 Å². The zero-order valence-corrected chi connectivity index (χ0v) is 14.0. The van der Waals surface area contributed by atoms with Gasteiger partial charge in [-0.2, -0.15) is 5.10 Å². The molecule has 1 heterocycles. The molecule has 2 aromatic rings. The molecule has 1 fully saturated rings. The van der Waals surface area contributed by atoms with Crippen molar-refractivity contribution in [3.63, 3.8) is 0 Å². The Morgan fingerprint density at radius 3 is 2.74 bits per heavy atom. The minimum atomic E-state index is 0.0565. The van der Waals surface area contributed by atoms with Crippen molar-refractivity contribution >= 4 is 34.9 Å². The lowest BCUT2D eigenvalue weighted by molar-refractivity contribution is -0.122. The minimum Gasteiger partial charge on any atom is -0.384 e. The average molecular weight is 353 g/mol. The average Bonchev–Trinajstić information content (AvgIpc) is 2.89. The minimum absolute atomic E-state index is 0.0565. The van der Waals surface area contributed by atoms with Crippen molar-refractivity contribution in [2.24, 2.45) is 0 Å². The number of rotatable bonds is 5. The van der Waals surface area contributed by atoms with Crippen LogP contribution >= 0.6 is 23.2 Å². The van der Waals surface area contributed by atoms with Crippen LogP contribution in [0.4, 0.5) is 5.82 Å². The van der Waals surface area contributed by atoms with Crippen LogP contribution in [0.15, 0.2) is 24.3 Å². The molecule has 7 heteroatoms. The number of aromatic amines is 1. The first-order valence-electron chi connectivity index (χ1n) is 7.55. The van der Waals surface area contributed by atoms with Gasteiger partial charge in [0.15, 0.2) is 0 Å². The summed E-state index contributed by atoms with van der Waals surface area (Å²) in [6, 6.07) is 7.52. The van der Waals surface area contributed by atoms with Gasteiger partial charge in [-0.25, -0.2) is 0 Å². The summed E-state index contributed by atoms with van der Waals surface area (Å²) >= 11 is 11.8. The van der Waals surface area contributed by atoms with Crippen molar-refractivity contribution in [2.75, 3.05) is 5.73 Å². The fraction of sp³-hybridized carbons (Fsp3) is 0.375. The van der Waals surface area contributed by atoms with Gasteiger partial charge in [-0.05, 0) is 37.0 Å². The quantitative estimate of drug-likeness (QED) is 0.771. The van der Waals surface area contributed by atoms with Gasteiger partial charge in [0.25, 0.3) is 0 Å². The number of nitrogen functional groups attached to an aromatic ring is 1. The predicted octanol–water partition coefficient (Wildman–Crippen LogP) is 3.29. The summed E-state index contributed by atoms with van der Waals surface area (Å²) < 4.78 is 0. The number of nitrogens with one attached hydrogen (secondary N) is 2. The van der Waals surface area contributed by atoms with Gasteiger partial charge in [-0.15, -0.1) is 0 Å². The third kappa shape index (κ3) is 3.98. The first-order chi connectivity index (χ1) is 11.0. The van der Waals surface area contributed by atoms with Crippen molar-refractivity contribution in [2.45, 2.75) is 37.6 Å². The zero-order chi connectivity index (χ0) is 16.4. The number of anilines is 1. The second-order valence-electron chi connectivity index (χ2n) is 5.93. The molecule has 1 aromatic carbocycles. The van der Waals surface area contributed by atoms with Gasteiger partial charge >= 0.3 is 0 Å². The lowest BCUT2D eigenvalue weighted by Gasteiger charge is -2.34. The number of H-pyrrole nitrogens is 1. The predicted molar refractivity (Wildman–Crippen MR) is 91.7 cm³/mol. The van der Waals surface area contributed by atoms with Gasteiger partial charge in [-0.1, -0.05) is 29.3 Å². The molecule has 1 amide bonds. The molecule has 0 unspecified atom stereocenters. The Morgan fingerprint density at radius 1 is 1.30 bits per heavy atom. The molecule has 1 aliphatic rings. The van der Waals surface area contributed by atoms with E-state index in [2.05, 4.69) is 15.5 Å². The van der Waals surface area contributed by atoms with Crippen LogP contribution in [0.3, 0.4) is 0 Å². The molecule has 4 N–H and O–H groups in total. The number of halogens is 2. The number of nitrogens with two attached hydrogens (primary N) is 1. The van der Waals surface area contributed by atoms with Crippen LogP contribution in [0.5, 0.6) is 0 Å². The largest absolute Gasteiger partial charge is 0.384 e. The lowest BCUT2D eigenvalue weighted by atomic mass is 9.78. The Morgan fingerprint density at radius 2 is 2.09 bits per heavy atom. The van der Waals surface area contributed by atoms with Crippen LogP contribution in [0, 0.1) is 0 Å². The molecular formula is C16H18Cl2N4O. The van der Waals surface area contributed by atoms with E-state index in [4.69, 9.17) is 28.9 Å². The molecule has 0 atom stereocenters. The fourth-order valence-electron chi connectivity index (χ4n) is 2.79. The smallest absolute Gasteiger partial charge is 0.220 e. The number of amides is 1. The molecule has 1 aliphatic carbocycles. The summed E-state index contributed by atoms with van der Waals surface area (Å²) in [5, 5.41) is 11.0. The third-order valence-electron chi connectivity index (χ3n) is 4.16.